The molecule has 0 bridgehead atoms. The lowest BCUT2D eigenvalue weighted by molar-refractivity contribution is -0.137. The van der Waals surface area contributed by atoms with Crippen LogP contribution < -0.4 is 16.6 Å². The van der Waals surface area contributed by atoms with Crippen LogP contribution in [0.15, 0.2) is 11.8 Å². The van der Waals surface area contributed by atoms with Crippen LogP contribution in [0.4, 0.5) is 0 Å². The molecule has 0 aliphatic heterocycles. The largest absolute Gasteiger partial charge is 0.361 e. The Labute approximate surface area is 77.3 Å². The number of amides is 2. The van der Waals surface area contributed by atoms with E-state index in [1.165, 1.54) is 0 Å². The zero-order valence-electron chi connectivity index (χ0n) is 7.89. The number of carbonyl (C=O) groups is 2. The minimum Gasteiger partial charge on any atom is -0.361 e. The average molecular weight is 185 g/mol. The van der Waals surface area contributed by atoms with Crippen molar-refractivity contribution in [1.29, 1.82) is 0 Å². The Hall–Kier alpha value is -1.52. The number of hydrogen-bond acceptors (Lipinski definition) is 3. The molecule has 0 aliphatic rings. The number of nitrogens with one attached hydrogen (secondary N) is 2. The van der Waals surface area contributed by atoms with Crippen molar-refractivity contribution < 1.29 is 9.59 Å². The van der Waals surface area contributed by atoms with Crippen molar-refractivity contribution in [2.45, 2.75) is 26.7 Å². The van der Waals surface area contributed by atoms with E-state index in [0.717, 1.165) is 18.4 Å². The van der Waals surface area contributed by atoms with Crippen molar-refractivity contribution in [3.8, 4) is 0 Å². The summed E-state index contributed by atoms with van der Waals surface area (Å²) in [6, 6.07) is 0. The van der Waals surface area contributed by atoms with Gasteiger partial charge in [0.15, 0.2) is 0 Å². The van der Waals surface area contributed by atoms with E-state index in [1.54, 1.807) is 6.20 Å². The van der Waals surface area contributed by atoms with Gasteiger partial charge in [0.25, 0.3) is 0 Å². The number of carbonyl (C=O) groups excluding carboxylic acids is 2. The second kappa shape index (κ2) is 6.05. The van der Waals surface area contributed by atoms with Crippen LogP contribution in [0.3, 0.4) is 0 Å². The summed E-state index contributed by atoms with van der Waals surface area (Å²) in [6.07, 6.45) is 3.45. The van der Waals surface area contributed by atoms with E-state index in [9.17, 15) is 9.59 Å². The van der Waals surface area contributed by atoms with Gasteiger partial charge < -0.3 is 11.2 Å². The van der Waals surface area contributed by atoms with Gasteiger partial charge >= 0.3 is 11.8 Å². The molecule has 0 unspecified atom stereocenters. The van der Waals surface area contributed by atoms with Crippen LogP contribution in [0.2, 0.25) is 0 Å². The number of nitrogens with two attached hydrogens (primary N) is 1. The number of hydrogen-bond donors (Lipinski definition) is 3. The fourth-order valence-electron chi connectivity index (χ4n) is 0.719. The summed E-state index contributed by atoms with van der Waals surface area (Å²) in [5, 5.41) is 0. The van der Waals surface area contributed by atoms with Crippen LogP contribution in [-0.4, -0.2) is 11.8 Å². The third kappa shape index (κ3) is 4.84. The van der Waals surface area contributed by atoms with Crippen molar-refractivity contribution in [1.82, 2.24) is 10.9 Å². The molecule has 0 heterocycles. The van der Waals surface area contributed by atoms with Gasteiger partial charge in [0.1, 0.15) is 0 Å². The third-order valence-corrected chi connectivity index (χ3v) is 1.59. The molecule has 0 spiro atoms. The summed E-state index contributed by atoms with van der Waals surface area (Å²) >= 11 is 0. The quantitative estimate of drug-likeness (QED) is 0.419. The fraction of sp³-hybridized carbons (Fsp3) is 0.500. The maximum atomic E-state index is 10.6. The second-order valence-electron chi connectivity index (χ2n) is 2.47. The molecular weight excluding hydrogens is 170 g/mol. The highest BCUT2D eigenvalue weighted by atomic mass is 16.2. The zero-order chi connectivity index (χ0) is 10.3. The Morgan fingerprint density at radius 1 is 1.31 bits per heavy atom. The van der Waals surface area contributed by atoms with Crippen molar-refractivity contribution in [2.24, 2.45) is 5.73 Å². The van der Waals surface area contributed by atoms with E-state index < -0.39 is 11.8 Å². The molecule has 0 aromatic carbocycles. The number of primary amides is 1. The van der Waals surface area contributed by atoms with E-state index in [4.69, 9.17) is 5.73 Å². The number of allylic oxidation sites excluding steroid dienone is 1. The lowest BCUT2D eigenvalue weighted by Gasteiger charge is -2.03. The zero-order valence-corrected chi connectivity index (χ0v) is 7.89. The Morgan fingerprint density at radius 3 is 2.23 bits per heavy atom. The summed E-state index contributed by atoms with van der Waals surface area (Å²) in [6.45, 7) is 4.01. The highest BCUT2D eigenvalue weighted by molar-refractivity contribution is 6.34. The standard InChI is InChI=1S/C8H15N3O2/c1-3-6(4-2)5-10-11-8(13)7(9)12/h5,10H,3-4H2,1-2H3,(H2,9,12)(H,11,13). The van der Waals surface area contributed by atoms with Crippen molar-refractivity contribution in [3.63, 3.8) is 0 Å². The van der Waals surface area contributed by atoms with Crippen molar-refractivity contribution >= 4 is 11.8 Å². The second-order valence-corrected chi connectivity index (χ2v) is 2.47. The minimum atomic E-state index is -1.00. The van der Waals surface area contributed by atoms with Crippen LogP contribution in [0.25, 0.3) is 0 Å². The van der Waals surface area contributed by atoms with Crippen LogP contribution in [-0.2, 0) is 9.59 Å². The van der Waals surface area contributed by atoms with Crippen molar-refractivity contribution in [2.75, 3.05) is 0 Å². The van der Waals surface area contributed by atoms with Gasteiger partial charge in [-0.1, -0.05) is 19.4 Å². The van der Waals surface area contributed by atoms with E-state index in [0.29, 0.717) is 0 Å². The van der Waals surface area contributed by atoms with Gasteiger partial charge in [0.05, 0.1) is 0 Å². The number of rotatable bonds is 4. The molecule has 4 N–H and O–H groups in total. The Morgan fingerprint density at radius 2 is 1.85 bits per heavy atom. The van der Waals surface area contributed by atoms with Crippen LogP contribution in [0.5, 0.6) is 0 Å². The molecule has 0 rings (SSSR count). The van der Waals surface area contributed by atoms with Crippen LogP contribution in [0, 0.1) is 0 Å². The van der Waals surface area contributed by atoms with E-state index >= 15 is 0 Å². The van der Waals surface area contributed by atoms with Gasteiger partial charge in [-0.25, -0.2) is 0 Å². The van der Waals surface area contributed by atoms with Crippen molar-refractivity contribution in [3.05, 3.63) is 11.8 Å². The Balaban J connectivity index is 3.83. The van der Waals surface area contributed by atoms with Crippen LogP contribution >= 0.6 is 0 Å². The normalized spacial score (nSPS) is 8.77. The first-order valence-corrected chi connectivity index (χ1v) is 4.15. The SMILES string of the molecule is CCC(=CNNC(=O)C(N)=O)CC. The molecule has 2 amide bonds. The maximum Gasteiger partial charge on any atom is 0.327 e. The summed E-state index contributed by atoms with van der Waals surface area (Å²) in [4.78, 5) is 20.9. The number of hydrazine groups is 1. The molecule has 0 atom stereocenters. The predicted molar refractivity (Wildman–Crippen MR) is 49.1 cm³/mol. The third-order valence-electron chi connectivity index (χ3n) is 1.59. The van der Waals surface area contributed by atoms with Gasteiger partial charge in [-0.3, -0.25) is 15.0 Å². The van der Waals surface area contributed by atoms with E-state index in [-0.39, 0.29) is 0 Å². The molecule has 0 saturated carbocycles. The highest BCUT2D eigenvalue weighted by Gasteiger charge is 2.05. The Kier molecular flexibility index (Phi) is 5.34. The molecule has 5 nitrogen and oxygen atoms in total. The first-order chi connectivity index (χ1) is 6.11. The van der Waals surface area contributed by atoms with Gasteiger partial charge in [-0.2, -0.15) is 0 Å². The molecule has 0 radical (unpaired) electrons. The van der Waals surface area contributed by atoms with E-state index in [1.807, 2.05) is 13.8 Å². The molecule has 0 aliphatic carbocycles. The Bertz CT molecular complexity index is 217. The van der Waals surface area contributed by atoms with Gasteiger partial charge in [-0.05, 0) is 12.8 Å². The van der Waals surface area contributed by atoms with Gasteiger partial charge in [-0.15, -0.1) is 0 Å². The smallest absolute Gasteiger partial charge is 0.327 e. The average Bonchev–Trinajstić information content (AvgIpc) is 2.12. The van der Waals surface area contributed by atoms with E-state index in [2.05, 4.69) is 10.9 Å². The summed E-state index contributed by atoms with van der Waals surface area (Å²) in [5.41, 5.74) is 10.5. The summed E-state index contributed by atoms with van der Waals surface area (Å²) in [5.74, 6) is -1.85. The lowest BCUT2D eigenvalue weighted by atomic mass is 10.2. The van der Waals surface area contributed by atoms with Gasteiger partial charge in [0, 0.05) is 6.20 Å². The molecule has 0 fully saturated rings. The summed E-state index contributed by atoms with van der Waals surface area (Å²) in [7, 11) is 0. The molecule has 0 saturated heterocycles. The maximum absolute atomic E-state index is 10.6. The molecule has 5 heteroatoms. The minimum absolute atomic E-state index is 0.845. The lowest BCUT2D eigenvalue weighted by Crippen LogP contribution is -2.42. The monoisotopic (exact) mass is 185 g/mol. The molecule has 0 aromatic heterocycles. The van der Waals surface area contributed by atoms with Gasteiger partial charge in [0.2, 0.25) is 0 Å². The molecule has 13 heavy (non-hydrogen) atoms. The fourth-order valence-corrected chi connectivity index (χ4v) is 0.719. The first kappa shape index (κ1) is 11.5. The first-order valence-electron chi connectivity index (χ1n) is 4.15. The summed E-state index contributed by atoms with van der Waals surface area (Å²) < 4.78 is 0. The molecule has 74 valence electrons. The topological polar surface area (TPSA) is 84.2 Å². The predicted octanol–water partition coefficient (Wildman–Crippen LogP) is -0.204. The molecule has 0 aromatic rings. The van der Waals surface area contributed by atoms with Crippen LogP contribution in [0.1, 0.15) is 26.7 Å². The molecular formula is C8H15N3O2. The highest BCUT2D eigenvalue weighted by Crippen LogP contribution is 2.02.